The van der Waals surface area contributed by atoms with E-state index in [0.717, 1.165) is 19.1 Å². The van der Waals surface area contributed by atoms with E-state index in [1.165, 1.54) is 13.0 Å². The molecule has 0 aromatic carbocycles. The lowest BCUT2D eigenvalue weighted by Gasteiger charge is -2.18. The Balaban J connectivity index is 2.07. The average molecular weight is 171 g/mol. The van der Waals surface area contributed by atoms with Gasteiger partial charge in [0.05, 0.1) is 12.7 Å². The molecular weight excluding hydrogens is 150 g/mol. The zero-order valence-corrected chi connectivity index (χ0v) is 8.47. The van der Waals surface area contributed by atoms with Crippen LogP contribution >= 0.6 is 0 Å². The number of hydrogen-bond donors (Lipinski definition) is 1. The van der Waals surface area contributed by atoms with Crippen molar-refractivity contribution in [3.8, 4) is 0 Å². The second-order valence-corrected chi connectivity index (χ2v) is 4.14. The van der Waals surface area contributed by atoms with Gasteiger partial charge in [0.2, 0.25) is 0 Å². The van der Waals surface area contributed by atoms with Gasteiger partial charge in [0.1, 0.15) is 0 Å². The van der Waals surface area contributed by atoms with Crippen LogP contribution in [-0.4, -0.2) is 25.8 Å². The van der Waals surface area contributed by atoms with Gasteiger partial charge < -0.3 is 10.1 Å². The van der Waals surface area contributed by atoms with E-state index in [9.17, 15) is 0 Å². The van der Waals surface area contributed by atoms with E-state index in [1.807, 2.05) is 0 Å². The van der Waals surface area contributed by atoms with Crippen LogP contribution < -0.4 is 5.32 Å². The fourth-order valence-electron chi connectivity index (χ4n) is 1.34. The maximum atomic E-state index is 5.75. The van der Waals surface area contributed by atoms with E-state index in [0.29, 0.717) is 12.0 Å². The molecule has 0 radical (unpaired) electrons. The number of rotatable bonds is 4. The first kappa shape index (κ1) is 10.0. The SMILES string of the molecule is CC(C)C(C)OCC1CCNC1. The van der Waals surface area contributed by atoms with Crippen LogP contribution in [0.3, 0.4) is 0 Å². The summed E-state index contributed by atoms with van der Waals surface area (Å²) in [5.74, 6) is 1.39. The fourth-order valence-corrected chi connectivity index (χ4v) is 1.34. The van der Waals surface area contributed by atoms with Crippen molar-refractivity contribution in [2.75, 3.05) is 19.7 Å². The van der Waals surface area contributed by atoms with Gasteiger partial charge >= 0.3 is 0 Å². The third-order valence-corrected chi connectivity index (χ3v) is 2.70. The molecule has 0 aliphatic carbocycles. The number of ether oxygens (including phenoxy) is 1. The lowest BCUT2D eigenvalue weighted by molar-refractivity contribution is 0.0172. The Morgan fingerprint density at radius 3 is 2.67 bits per heavy atom. The van der Waals surface area contributed by atoms with E-state index >= 15 is 0 Å². The summed E-state index contributed by atoms with van der Waals surface area (Å²) in [5, 5.41) is 3.35. The minimum atomic E-state index is 0.408. The molecule has 2 atom stereocenters. The zero-order chi connectivity index (χ0) is 8.97. The van der Waals surface area contributed by atoms with Gasteiger partial charge in [0.15, 0.2) is 0 Å². The summed E-state index contributed by atoms with van der Waals surface area (Å²) in [6, 6.07) is 0. The van der Waals surface area contributed by atoms with E-state index in [2.05, 4.69) is 26.1 Å². The van der Waals surface area contributed by atoms with Crippen molar-refractivity contribution in [2.45, 2.75) is 33.3 Å². The van der Waals surface area contributed by atoms with Gasteiger partial charge in [-0.25, -0.2) is 0 Å². The van der Waals surface area contributed by atoms with E-state index in [4.69, 9.17) is 4.74 Å². The molecule has 2 nitrogen and oxygen atoms in total. The molecule has 1 aliphatic heterocycles. The van der Waals surface area contributed by atoms with Crippen molar-refractivity contribution in [3.05, 3.63) is 0 Å². The van der Waals surface area contributed by atoms with Gasteiger partial charge in [-0.3, -0.25) is 0 Å². The van der Waals surface area contributed by atoms with Crippen LogP contribution in [0.25, 0.3) is 0 Å². The quantitative estimate of drug-likeness (QED) is 0.694. The van der Waals surface area contributed by atoms with Crippen molar-refractivity contribution < 1.29 is 4.74 Å². The van der Waals surface area contributed by atoms with Crippen LogP contribution in [0, 0.1) is 11.8 Å². The Hall–Kier alpha value is -0.0800. The first-order valence-electron chi connectivity index (χ1n) is 5.02. The molecule has 72 valence electrons. The minimum absolute atomic E-state index is 0.408. The molecule has 0 aromatic rings. The molecule has 1 aliphatic rings. The van der Waals surface area contributed by atoms with Crippen molar-refractivity contribution in [1.82, 2.24) is 5.32 Å². The standard InChI is InChI=1S/C10H21NO/c1-8(2)9(3)12-7-10-4-5-11-6-10/h8-11H,4-7H2,1-3H3. The van der Waals surface area contributed by atoms with Crippen LogP contribution in [0.5, 0.6) is 0 Å². The Kier molecular flexibility index (Phi) is 4.02. The van der Waals surface area contributed by atoms with Gasteiger partial charge in [-0.05, 0) is 31.7 Å². The molecule has 0 amide bonds. The first-order chi connectivity index (χ1) is 5.70. The second kappa shape index (κ2) is 4.83. The van der Waals surface area contributed by atoms with Gasteiger partial charge in [-0.1, -0.05) is 13.8 Å². The maximum absolute atomic E-state index is 5.75. The predicted molar refractivity (Wildman–Crippen MR) is 51.2 cm³/mol. The first-order valence-corrected chi connectivity index (χ1v) is 5.02. The summed E-state index contributed by atoms with van der Waals surface area (Å²) < 4.78 is 5.75. The second-order valence-electron chi connectivity index (χ2n) is 4.14. The highest BCUT2D eigenvalue weighted by Crippen LogP contribution is 2.11. The molecule has 2 heteroatoms. The minimum Gasteiger partial charge on any atom is -0.378 e. The van der Waals surface area contributed by atoms with E-state index < -0.39 is 0 Å². The summed E-state index contributed by atoms with van der Waals surface area (Å²) in [6.07, 6.45) is 1.69. The molecule has 0 saturated carbocycles. The van der Waals surface area contributed by atoms with Crippen LogP contribution in [0.4, 0.5) is 0 Å². The number of nitrogens with one attached hydrogen (secondary N) is 1. The van der Waals surface area contributed by atoms with Crippen LogP contribution in [0.2, 0.25) is 0 Å². The molecular formula is C10H21NO. The summed E-state index contributed by atoms with van der Waals surface area (Å²) in [7, 11) is 0. The summed E-state index contributed by atoms with van der Waals surface area (Å²) >= 11 is 0. The average Bonchev–Trinajstić information content (AvgIpc) is 2.51. The van der Waals surface area contributed by atoms with Crippen molar-refractivity contribution in [2.24, 2.45) is 11.8 Å². The molecule has 0 spiro atoms. The molecule has 2 unspecified atom stereocenters. The van der Waals surface area contributed by atoms with Crippen LogP contribution in [-0.2, 0) is 4.74 Å². The largest absolute Gasteiger partial charge is 0.378 e. The van der Waals surface area contributed by atoms with Crippen molar-refractivity contribution in [1.29, 1.82) is 0 Å². The van der Waals surface area contributed by atoms with Gasteiger partial charge in [-0.2, -0.15) is 0 Å². The van der Waals surface area contributed by atoms with E-state index in [1.54, 1.807) is 0 Å². The molecule has 1 heterocycles. The normalized spacial score (nSPS) is 26.5. The fraction of sp³-hybridized carbons (Fsp3) is 1.00. The highest BCUT2D eigenvalue weighted by molar-refractivity contribution is 4.71. The van der Waals surface area contributed by atoms with Gasteiger partial charge in [0, 0.05) is 6.54 Å². The third-order valence-electron chi connectivity index (χ3n) is 2.70. The topological polar surface area (TPSA) is 21.3 Å². The highest BCUT2D eigenvalue weighted by atomic mass is 16.5. The molecule has 0 aromatic heterocycles. The lowest BCUT2D eigenvalue weighted by atomic mass is 10.1. The zero-order valence-electron chi connectivity index (χ0n) is 8.47. The van der Waals surface area contributed by atoms with Crippen LogP contribution in [0.15, 0.2) is 0 Å². The maximum Gasteiger partial charge on any atom is 0.0570 e. The predicted octanol–water partition coefficient (Wildman–Crippen LogP) is 1.66. The molecule has 1 N–H and O–H groups in total. The molecule has 12 heavy (non-hydrogen) atoms. The summed E-state index contributed by atoms with van der Waals surface area (Å²) in [4.78, 5) is 0. The molecule has 1 fully saturated rings. The van der Waals surface area contributed by atoms with Gasteiger partial charge in [0.25, 0.3) is 0 Å². The molecule has 1 saturated heterocycles. The molecule has 0 bridgehead atoms. The Morgan fingerprint density at radius 1 is 1.42 bits per heavy atom. The molecule has 1 rings (SSSR count). The van der Waals surface area contributed by atoms with Crippen molar-refractivity contribution in [3.63, 3.8) is 0 Å². The lowest BCUT2D eigenvalue weighted by Crippen LogP contribution is -2.21. The van der Waals surface area contributed by atoms with Crippen molar-refractivity contribution >= 4 is 0 Å². The monoisotopic (exact) mass is 171 g/mol. The van der Waals surface area contributed by atoms with Gasteiger partial charge in [-0.15, -0.1) is 0 Å². The van der Waals surface area contributed by atoms with Crippen LogP contribution in [0.1, 0.15) is 27.2 Å². The Morgan fingerprint density at radius 2 is 2.17 bits per heavy atom. The summed E-state index contributed by atoms with van der Waals surface area (Å²) in [5.41, 5.74) is 0. The smallest absolute Gasteiger partial charge is 0.0570 e. The highest BCUT2D eigenvalue weighted by Gasteiger charge is 2.16. The third kappa shape index (κ3) is 3.11. The Bertz CT molecular complexity index is 117. The van der Waals surface area contributed by atoms with E-state index in [-0.39, 0.29) is 0 Å². The summed E-state index contributed by atoms with van der Waals surface area (Å²) in [6.45, 7) is 9.82. The Labute approximate surface area is 75.7 Å². The number of hydrogen-bond acceptors (Lipinski definition) is 2.